The minimum atomic E-state index is 0.572. The van der Waals surface area contributed by atoms with Crippen LogP contribution < -0.4 is 5.32 Å². The zero-order valence-electron chi connectivity index (χ0n) is 9.62. The van der Waals surface area contributed by atoms with Crippen molar-refractivity contribution in [3.63, 3.8) is 0 Å². The fraction of sp³-hybridized carbons (Fsp3) is 0.727. The van der Waals surface area contributed by atoms with E-state index >= 15 is 0 Å². The molecule has 0 saturated heterocycles. The quantitative estimate of drug-likeness (QED) is 0.777. The van der Waals surface area contributed by atoms with Crippen molar-refractivity contribution < 1.29 is 0 Å². The van der Waals surface area contributed by atoms with Gasteiger partial charge in [0.1, 0.15) is 0 Å². The lowest BCUT2D eigenvalue weighted by molar-refractivity contribution is 0.465. The second-order valence-electron chi connectivity index (χ2n) is 3.95. The summed E-state index contributed by atoms with van der Waals surface area (Å²) in [6.07, 6.45) is 4.14. The van der Waals surface area contributed by atoms with E-state index in [0.717, 1.165) is 13.1 Å². The SMILES string of the molecule is CCn1cc(C(C)C(C)CNC)cn1. The van der Waals surface area contributed by atoms with Crippen LogP contribution in [0.4, 0.5) is 0 Å². The number of aromatic nitrogens is 2. The molecule has 0 fully saturated rings. The van der Waals surface area contributed by atoms with Crippen molar-refractivity contribution in [3.8, 4) is 0 Å². The van der Waals surface area contributed by atoms with Gasteiger partial charge in [-0.15, -0.1) is 0 Å². The number of aryl methyl sites for hydroxylation is 1. The van der Waals surface area contributed by atoms with E-state index in [4.69, 9.17) is 0 Å². The Hall–Kier alpha value is -0.830. The third-order valence-electron chi connectivity index (χ3n) is 2.88. The fourth-order valence-corrected chi connectivity index (χ4v) is 1.61. The highest BCUT2D eigenvalue weighted by molar-refractivity contribution is 5.11. The number of hydrogen-bond donors (Lipinski definition) is 1. The summed E-state index contributed by atoms with van der Waals surface area (Å²) in [5, 5.41) is 7.51. The van der Waals surface area contributed by atoms with E-state index in [0.29, 0.717) is 11.8 Å². The van der Waals surface area contributed by atoms with E-state index < -0.39 is 0 Å². The van der Waals surface area contributed by atoms with Gasteiger partial charge in [-0.2, -0.15) is 5.10 Å². The van der Waals surface area contributed by atoms with Crippen molar-refractivity contribution in [1.82, 2.24) is 15.1 Å². The normalized spacial score (nSPS) is 15.4. The number of hydrogen-bond acceptors (Lipinski definition) is 2. The van der Waals surface area contributed by atoms with Crippen LogP contribution in [0.3, 0.4) is 0 Å². The molecule has 0 aromatic carbocycles. The standard InChI is InChI=1S/C11H21N3/c1-5-14-8-11(7-13-14)10(3)9(2)6-12-4/h7-10,12H,5-6H2,1-4H3. The van der Waals surface area contributed by atoms with E-state index in [1.807, 2.05) is 17.9 Å². The van der Waals surface area contributed by atoms with Gasteiger partial charge in [-0.05, 0) is 37.9 Å². The minimum Gasteiger partial charge on any atom is -0.319 e. The van der Waals surface area contributed by atoms with Crippen molar-refractivity contribution >= 4 is 0 Å². The molecule has 0 amide bonds. The zero-order chi connectivity index (χ0) is 10.6. The van der Waals surface area contributed by atoms with Gasteiger partial charge in [-0.1, -0.05) is 13.8 Å². The van der Waals surface area contributed by atoms with Crippen LogP contribution in [0.1, 0.15) is 32.3 Å². The van der Waals surface area contributed by atoms with Gasteiger partial charge in [-0.3, -0.25) is 4.68 Å². The smallest absolute Gasteiger partial charge is 0.0524 e. The predicted molar refractivity (Wildman–Crippen MR) is 59.4 cm³/mol. The first-order chi connectivity index (χ1) is 6.69. The molecule has 3 heteroatoms. The van der Waals surface area contributed by atoms with Crippen molar-refractivity contribution in [1.29, 1.82) is 0 Å². The molecule has 80 valence electrons. The molecule has 1 aromatic heterocycles. The molecule has 0 spiro atoms. The third-order valence-corrected chi connectivity index (χ3v) is 2.88. The van der Waals surface area contributed by atoms with E-state index in [-0.39, 0.29) is 0 Å². The molecule has 3 nitrogen and oxygen atoms in total. The van der Waals surface area contributed by atoms with Gasteiger partial charge in [0.05, 0.1) is 6.20 Å². The van der Waals surface area contributed by atoms with Crippen molar-refractivity contribution in [2.24, 2.45) is 5.92 Å². The molecule has 2 atom stereocenters. The summed E-state index contributed by atoms with van der Waals surface area (Å²) >= 11 is 0. The van der Waals surface area contributed by atoms with Crippen molar-refractivity contribution in [2.75, 3.05) is 13.6 Å². The molecule has 0 radical (unpaired) electrons. The first-order valence-electron chi connectivity index (χ1n) is 5.36. The van der Waals surface area contributed by atoms with E-state index in [9.17, 15) is 0 Å². The summed E-state index contributed by atoms with van der Waals surface area (Å²) in [6.45, 7) is 8.65. The van der Waals surface area contributed by atoms with Crippen LogP contribution in [0.25, 0.3) is 0 Å². The Morgan fingerprint density at radius 3 is 2.71 bits per heavy atom. The highest BCUT2D eigenvalue weighted by Gasteiger charge is 2.14. The van der Waals surface area contributed by atoms with Crippen LogP contribution in [0.2, 0.25) is 0 Å². The van der Waals surface area contributed by atoms with Crippen LogP contribution in [0, 0.1) is 5.92 Å². The maximum Gasteiger partial charge on any atom is 0.0524 e. The predicted octanol–water partition coefficient (Wildman–Crippen LogP) is 1.86. The van der Waals surface area contributed by atoms with Gasteiger partial charge in [0.2, 0.25) is 0 Å². The Balaban J connectivity index is 2.63. The lowest BCUT2D eigenvalue weighted by atomic mass is 9.91. The fourth-order valence-electron chi connectivity index (χ4n) is 1.61. The molecule has 0 aliphatic carbocycles. The molecule has 0 saturated carbocycles. The highest BCUT2D eigenvalue weighted by Crippen LogP contribution is 2.22. The molecule has 0 aliphatic heterocycles. The topological polar surface area (TPSA) is 29.9 Å². The average molecular weight is 195 g/mol. The van der Waals surface area contributed by atoms with Gasteiger partial charge < -0.3 is 5.32 Å². The maximum absolute atomic E-state index is 4.29. The second kappa shape index (κ2) is 5.15. The summed E-state index contributed by atoms with van der Waals surface area (Å²) in [5.41, 5.74) is 1.34. The Morgan fingerprint density at radius 1 is 1.50 bits per heavy atom. The number of rotatable bonds is 5. The third kappa shape index (κ3) is 2.58. The average Bonchev–Trinajstić information content (AvgIpc) is 2.65. The lowest BCUT2D eigenvalue weighted by Crippen LogP contribution is -2.20. The Kier molecular flexibility index (Phi) is 4.14. The summed E-state index contributed by atoms with van der Waals surface area (Å²) in [7, 11) is 2.00. The summed E-state index contributed by atoms with van der Waals surface area (Å²) < 4.78 is 1.98. The maximum atomic E-state index is 4.29. The first kappa shape index (κ1) is 11.2. The molecular formula is C11H21N3. The Bertz CT molecular complexity index is 267. The Morgan fingerprint density at radius 2 is 2.21 bits per heavy atom. The Labute approximate surface area is 86.5 Å². The molecular weight excluding hydrogens is 174 g/mol. The molecule has 1 heterocycles. The van der Waals surface area contributed by atoms with Crippen LogP contribution in [-0.4, -0.2) is 23.4 Å². The van der Waals surface area contributed by atoms with Gasteiger partial charge in [0.15, 0.2) is 0 Å². The van der Waals surface area contributed by atoms with Crippen LogP contribution in [0.15, 0.2) is 12.4 Å². The summed E-state index contributed by atoms with van der Waals surface area (Å²) in [4.78, 5) is 0. The monoisotopic (exact) mass is 195 g/mol. The van der Waals surface area contributed by atoms with Crippen LogP contribution >= 0.6 is 0 Å². The van der Waals surface area contributed by atoms with Gasteiger partial charge >= 0.3 is 0 Å². The largest absolute Gasteiger partial charge is 0.319 e. The lowest BCUT2D eigenvalue weighted by Gasteiger charge is -2.17. The molecule has 1 rings (SSSR count). The second-order valence-corrected chi connectivity index (χ2v) is 3.95. The molecule has 2 unspecified atom stereocenters. The van der Waals surface area contributed by atoms with E-state index in [2.05, 4.69) is 37.4 Å². The molecule has 1 N–H and O–H groups in total. The minimum absolute atomic E-state index is 0.572. The van der Waals surface area contributed by atoms with Crippen LogP contribution in [0.5, 0.6) is 0 Å². The highest BCUT2D eigenvalue weighted by atomic mass is 15.3. The van der Waals surface area contributed by atoms with Crippen LogP contribution in [-0.2, 0) is 6.54 Å². The number of nitrogens with one attached hydrogen (secondary N) is 1. The van der Waals surface area contributed by atoms with Gasteiger partial charge in [0.25, 0.3) is 0 Å². The molecule has 14 heavy (non-hydrogen) atoms. The zero-order valence-corrected chi connectivity index (χ0v) is 9.62. The van der Waals surface area contributed by atoms with E-state index in [1.165, 1.54) is 5.56 Å². The summed E-state index contributed by atoms with van der Waals surface area (Å²) in [6, 6.07) is 0. The van der Waals surface area contributed by atoms with E-state index in [1.54, 1.807) is 0 Å². The molecule has 0 aliphatic rings. The molecule has 0 bridgehead atoms. The first-order valence-corrected chi connectivity index (χ1v) is 5.36. The summed E-state index contributed by atoms with van der Waals surface area (Å²) in [5.74, 6) is 1.22. The molecule has 1 aromatic rings. The van der Waals surface area contributed by atoms with Crippen molar-refractivity contribution in [3.05, 3.63) is 18.0 Å². The van der Waals surface area contributed by atoms with Gasteiger partial charge in [-0.25, -0.2) is 0 Å². The number of nitrogens with zero attached hydrogens (tertiary/aromatic N) is 2. The van der Waals surface area contributed by atoms with Crippen molar-refractivity contribution in [2.45, 2.75) is 33.2 Å². The van der Waals surface area contributed by atoms with Gasteiger partial charge in [0, 0.05) is 12.7 Å².